The summed E-state index contributed by atoms with van der Waals surface area (Å²) in [6.45, 7) is 0.531. The highest BCUT2D eigenvalue weighted by atomic mass is 32.1. The van der Waals surface area contributed by atoms with Crippen molar-refractivity contribution >= 4 is 22.2 Å². The summed E-state index contributed by atoms with van der Waals surface area (Å²) < 4.78 is 7.09. The van der Waals surface area contributed by atoms with Crippen LogP contribution in [0, 0.1) is 0 Å². The number of rotatable bonds is 6. The smallest absolute Gasteiger partial charge is 0.272 e. The Morgan fingerprint density at radius 3 is 2.85 bits per heavy atom. The number of nitrogens with one attached hydrogen (secondary N) is 1. The third kappa shape index (κ3) is 3.54. The van der Waals surface area contributed by atoms with E-state index in [0.717, 1.165) is 34.0 Å². The molecule has 0 unspecified atom stereocenters. The molecule has 0 radical (unpaired) electrons. The third-order valence-electron chi connectivity index (χ3n) is 4.27. The average Bonchev–Trinajstić information content (AvgIpc) is 3.30. The molecule has 0 aliphatic heterocycles. The maximum absolute atomic E-state index is 12.8. The second-order valence-electron chi connectivity index (χ2n) is 5.96. The SMILES string of the molecule is COc1ccc(CCNC(=O)c2nc3sccn3c2-c2cccnc2)cc1. The number of imidazole rings is 1. The van der Waals surface area contributed by atoms with Crippen LogP contribution >= 0.6 is 11.3 Å². The first-order chi connectivity index (χ1) is 13.3. The van der Waals surface area contributed by atoms with Gasteiger partial charge in [0.05, 0.1) is 12.8 Å². The van der Waals surface area contributed by atoms with E-state index in [9.17, 15) is 4.79 Å². The van der Waals surface area contributed by atoms with Crippen LogP contribution in [-0.2, 0) is 6.42 Å². The minimum Gasteiger partial charge on any atom is -0.497 e. The Labute approximate surface area is 160 Å². The zero-order chi connectivity index (χ0) is 18.6. The number of hydrogen-bond donors (Lipinski definition) is 1. The maximum atomic E-state index is 12.8. The van der Waals surface area contributed by atoms with Crippen molar-refractivity contribution in [3.05, 3.63) is 71.6 Å². The highest BCUT2D eigenvalue weighted by molar-refractivity contribution is 7.15. The van der Waals surface area contributed by atoms with E-state index in [0.29, 0.717) is 12.2 Å². The van der Waals surface area contributed by atoms with E-state index in [2.05, 4.69) is 15.3 Å². The Balaban J connectivity index is 1.51. The van der Waals surface area contributed by atoms with Crippen LogP contribution in [0.3, 0.4) is 0 Å². The highest BCUT2D eigenvalue weighted by Crippen LogP contribution is 2.26. The zero-order valence-corrected chi connectivity index (χ0v) is 15.6. The number of aromatic nitrogens is 3. The molecule has 0 aliphatic carbocycles. The first kappa shape index (κ1) is 17.2. The number of carbonyl (C=O) groups is 1. The zero-order valence-electron chi connectivity index (χ0n) is 14.8. The summed E-state index contributed by atoms with van der Waals surface area (Å²) >= 11 is 1.50. The van der Waals surface area contributed by atoms with E-state index >= 15 is 0 Å². The second-order valence-corrected chi connectivity index (χ2v) is 6.83. The fraction of sp³-hybridized carbons (Fsp3) is 0.150. The van der Waals surface area contributed by atoms with Crippen LogP contribution in [0.4, 0.5) is 0 Å². The van der Waals surface area contributed by atoms with Gasteiger partial charge in [-0.3, -0.25) is 14.2 Å². The van der Waals surface area contributed by atoms with Crippen molar-refractivity contribution in [1.82, 2.24) is 19.7 Å². The molecule has 0 spiro atoms. The average molecular weight is 378 g/mol. The lowest BCUT2D eigenvalue weighted by molar-refractivity contribution is 0.0950. The molecular formula is C20H18N4O2S. The molecule has 27 heavy (non-hydrogen) atoms. The number of amides is 1. The number of nitrogens with zero attached hydrogens (tertiary/aromatic N) is 3. The predicted molar refractivity (Wildman–Crippen MR) is 105 cm³/mol. The van der Waals surface area contributed by atoms with Gasteiger partial charge in [-0.1, -0.05) is 12.1 Å². The first-order valence-electron chi connectivity index (χ1n) is 8.53. The number of methoxy groups -OCH3 is 1. The van der Waals surface area contributed by atoms with Gasteiger partial charge in [-0.25, -0.2) is 4.98 Å². The van der Waals surface area contributed by atoms with Crippen molar-refractivity contribution in [3.8, 4) is 17.0 Å². The second kappa shape index (κ2) is 7.59. The van der Waals surface area contributed by atoms with Crippen LogP contribution in [0.25, 0.3) is 16.2 Å². The number of carbonyl (C=O) groups excluding carboxylic acids is 1. The summed E-state index contributed by atoms with van der Waals surface area (Å²) in [4.78, 5) is 22.3. The third-order valence-corrected chi connectivity index (χ3v) is 5.03. The number of thiazole rings is 1. The molecule has 1 N–H and O–H groups in total. The number of hydrogen-bond acceptors (Lipinski definition) is 5. The molecule has 3 heterocycles. The molecule has 136 valence electrons. The van der Waals surface area contributed by atoms with Crippen molar-refractivity contribution in [2.45, 2.75) is 6.42 Å². The lowest BCUT2D eigenvalue weighted by Crippen LogP contribution is -2.26. The van der Waals surface area contributed by atoms with E-state index in [-0.39, 0.29) is 5.91 Å². The van der Waals surface area contributed by atoms with Crippen LogP contribution in [-0.4, -0.2) is 33.9 Å². The van der Waals surface area contributed by atoms with Gasteiger partial charge in [-0.2, -0.15) is 0 Å². The molecule has 6 nitrogen and oxygen atoms in total. The molecule has 1 amide bonds. The minimum atomic E-state index is -0.182. The number of benzene rings is 1. The molecule has 0 saturated heterocycles. The lowest BCUT2D eigenvalue weighted by Gasteiger charge is -2.07. The topological polar surface area (TPSA) is 68.5 Å². The Kier molecular flexibility index (Phi) is 4.84. The van der Waals surface area contributed by atoms with E-state index in [1.807, 2.05) is 52.4 Å². The van der Waals surface area contributed by atoms with Gasteiger partial charge in [0.15, 0.2) is 10.7 Å². The Hall–Kier alpha value is -3.19. The fourth-order valence-corrected chi connectivity index (χ4v) is 3.63. The largest absolute Gasteiger partial charge is 0.497 e. The fourth-order valence-electron chi connectivity index (χ4n) is 2.92. The van der Waals surface area contributed by atoms with E-state index in [4.69, 9.17) is 4.74 Å². The van der Waals surface area contributed by atoms with Crippen LogP contribution in [0.1, 0.15) is 16.1 Å². The van der Waals surface area contributed by atoms with Gasteiger partial charge >= 0.3 is 0 Å². The maximum Gasteiger partial charge on any atom is 0.272 e. The van der Waals surface area contributed by atoms with Crippen molar-refractivity contribution in [2.24, 2.45) is 0 Å². The summed E-state index contributed by atoms with van der Waals surface area (Å²) in [5, 5.41) is 4.93. The van der Waals surface area contributed by atoms with Gasteiger partial charge in [0.25, 0.3) is 5.91 Å². The molecule has 0 saturated carbocycles. The molecule has 0 atom stereocenters. The first-order valence-corrected chi connectivity index (χ1v) is 9.41. The molecule has 0 aliphatic rings. The Morgan fingerprint density at radius 1 is 1.26 bits per heavy atom. The van der Waals surface area contributed by atoms with Gasteiger partial charge in [0.1, 0.15) is 5.75 Å². The molecule has 4 rings (SSSR count). The van der Waals surface area contributed by atoms with E-state index < -0.39 is 0 Å². The van der Waals surface area contributed by atoms with Gasteiger partial charge in [-0.05, 0) is 36.2 Å². The predicted octanol–water partition coefficient (Wildman–Crippen LogP) is 3.44. The number of pyridine rings is 1. The number of fused-ring (bicyclic) bond motifs is 1. The van der Waals surface area contributed by atoms with Crippen molar-refractivity contribution in [3.63, 3.8) is 0 Å². The van der Waals surface area contributed by atoms with Gasteiger partial charge < -0.3 is 10.1 Å². The molecular weight excluding hydrogens is 360 g/mol. The lowest BCUT2D eigenvalue weighted by atomic mass is 10.1. The summed E-state index contributed by atoms with van der Waals surface area (Å²) in [6, 6.07) is 11.6. The molecule has 3 aromatic heterocycles. The van der Waals surface area contributed by atoms with Crippen LogP contribution < -0.4 is 10.1 Å². The molecule has 0 bridgehead atoms. The summed E-state index contributed by atoms with van der Waals surface area (Å²) in [6.07, 6.45) is 6.11. The van der Waals surface area contributed by atoms with Crippen molar-refractivity contribution in [2.75, 3.05) is 13.7 Å². The van der Waals surface area contributed by atoms with Crippen LogP contribution in [0.2, 0.25) is 0 Å². The normalized spacial score (nSPS) is 10.9. The molecule has 4 aromatic rings. The molecule has 7 heteroatoms. The van der Waals surface area contributed by atoms with E-state index in [1.165, 1.54) is 11.3 Å². The van der Waals surface area contributed by atoms with Gasteiger partial charge in [0.2, 0.25) is 0 Å². The standard InChI is InChI=1S/C20H18N4O2S/c1-26-16-6-4-14(5-7-16)8-10-22-19(25)17-18(15-3-2-9-21-13-15)24-11-12-27-20(24)23-17/h2-7,9,11-13H,8,10H2,1H3,(H,22,25). The summed E-state index contributed by atoms with van der Waals surface area (Å²) in [5.74, 6) is 0.639. The Morgan fingerprint density at radius 2 is 2.11 bits per heavy atom. The minimum absolute atomic E-state index is 0.182. The van der Waals surface area contributed by atoms with Crippen LogP contribution in [0.15, 0.2) is 60.4 Å². The summed E-state index contributed by atoms with van der Waals surface area (Å²) in [7, 11) is 1.64. The number of ether oxygens (including phenoxy) is 1. The molecule has 1 aromatic carbocycles. The quantitative estimate of drug-likeness (QED) is 0.558. The van der Waals surface area contributed by atoms with Gasteiger partial charge in [0, 0.05) is 36.1 Å². The highest BCUT2D eigenvalue weighted by Gasteiger charge is 2.20. The van der Waals surface area contributed by atoms with Crippen LogP contribution in [0.5, 0.6) is 5.75 Å². The summed E-state index contributed by atoms with van der Waals surface area (Å²) in [5.41, 5.74) is 3.18. The van der Waals surface area contributed by atoms with Crippen molar-refractivity contribution < 1.29 is 9.53 Å². The van der Waals surface area contributed by atoms with Crippen molar-refractivity contribution in [1.29, 1.82) is 0 Å². The van der Waals surface area contributed by atoms with E-state index in [1.54, 1.807) is 19.5 Å². The monoisotopic (exact) mass is 378 g/mol. The van der Waals surface area contributed by atoms with Gasteiger partial charge in [-0.15, -0.1) is 11.3 Å². The Bertz CT molecular complexity index is 1050. The molecule has 0 fully saturated rings.